The minimum absolute atomic E-state index is 0.0144. The van der Waals surface area contributed by atoms with Gasteiger partial charge in [0.25, 0.3) is 0 Å². The van der Waals surface area contributed by atoms with Crippen molar-refractivity contribution in [3.63, 3.8) is 0 Å². The minimum atomic E-state index is -0.0144. The number of rotatable bonds is 3. The van der Waals surface area contributed by atoms with E-state index in [0.717, 1.165) is 15.7 Å². The SMILES string of the molecule is C=CC[C@H](N)c1ccc(I)cn1. The Labute approximate surface area is 86.0 Å². The zero-order valence-corrected chi connectivity index (χ0v) is 8.86. The lowest BCUT2D eigenvalue weighted by Gasteiger charge is -2.07. The van der Waals surface area contributed by atoms with E-state index in [1.54, 1.807) is 0 Å². The van der Waals surface area contributed by atoms with E-state index in [0.29, 0.717) is 0 Å². The molecule has 2 nitrogen and oxygen atoms in total. The fourth-order valence-electron chi connectivity index (χ4n) is 0.907. The first-order valence-electron chi connectivity index (χ1n) is 3.72. The molecule has 0 bridgehead atoms. The van der Waals surface area contributed by atoms with Crippen LogP contribution in [0.4, 0.5) is 0 Å². The van der Waals surface area contributed by atoms with Crippen molar-refractivity contribution in [2.45, 2.75) is 12.5 Å². The van der Waals surface area contributed by atoms with Crippen molar-refractivity contribution in [1.82, 2.24) is 4.98 Å². The van der Waals surface area contributed by atoms with Crippen molar-refractivity contribution >= 4 is 22.6 Å². The van der Waals surface area contributed by atoms with Gasteiger partial charge >= 0.3 is 0 Å². The molecule has 0 unspecified atom stereocenters. The molecule has 1 atom stereocenters. The maximum atomic E-state index is 5.82. The van der Waals surface area contributed by atoms with Crippen molar-refractivity contribution in [2.24, 2.45) is 5.73 Å². The van der Waals surface area contributed by atoms with Crippen LogP contribution in [0.2, 0.25) is 0 Å². The normalized spacial score (nSPS) is 12.5. The van der Waals surface area contributed by atoms with Crippen LogP contribution in [0.25, 0.3) is 0 Å². The van der Waals surface area contributed by atoms with E-state index < -0.39 is 0 Å². The average molecular weight is 274 g/mol. The molecule has 2 N–H and O–H groups in total. The van der Waals surface area contributed by atoms with E-state index in [1.807, 2.05) is 24.4 Å². The van der Waals surface area contributed by atoms with Gasteiger partial charge in [-0.3, -0.25) is 4.98 Å². The van der Waals surface area contributed by atoms with Crippen LogP contribution in [0.5, 0.6) is 0 Å². The number of halogens is 1. The Morgan fingerprint density at radius 3 is 2.92 bits per heavy atom. The van der Waals surface area contributed by atoms with Gasteiger partial charge in [-0.15, -0.1) is 6.58 Å². The lowest BCUT2D eigenvalue weighted by atomic mass is 10.1. The predicted molar refractivity (Wildman–Crippen MR) is 58.7 cm³/mol. The monoisotopic (exact) mass is 274 g/mol. The van der Waals surface area contributed by atoms with Crippen molar-refractivity contribution in [1.29, 1.82) is 0 Å². The number of nitrogens with two attached hydrogens (primary N) is 1. The largest absolute Gasteiger partial charge is 0.322 e. The van der Waals surface area contributed by atoms with Crippen LogP contribution >= 0.6 is 22.6 Å². The summed E-state index contributed by atoms with van der Waals surface area (Å²) in [5.74, 6) is 0. The number of aromatic nitrogens is 1. The molecule has 1 rings (SSSR count). The fourth-order valence-corrected chi connectivity index (χ4v) is 1.23. The Morgan fingerprint density at radius 1 is 1.67 bits per heavy atom. The Kier molecular flexibility index (Phi) is 3.68. The molecule has 64 valence electrons. The molecule has 0 amide bonds. The summed E-state index contributed by atoms with van der Waals surface area (Å²) in [5.41, 5.74) is 6.75. The molecule has 1 aromatic heterocycles. The average Bonchev–Trinajstić information content (AvgIpc) is 2.06. The highest BCUT2D eigenvalue weighted by Crippen LogP contribution is 2.12. The Balaban J connectivity index is 2.74. The molecule has 3 heteroatoms. The summed E-state index contributed by atoms with van der Waals surface area (Å²) in [6, 6.07) is 3.95. The molecule has 0 saturated carbocycles. The second kappa shape index (κ2) is 4.57. The summed E-state index contributed by atoms with van der Waals surface area (Å²) in [7, 11) is 0. The molecular formula is C9H11IN2. The van der Waals surface area contributed by atoms with Gasteiger partial charge in [-0.05, 0) is 41.1 Å². The molecule has 0 spiro atoms. The summed E-state index contributed by atoms with van der Waals surface area (Å²) in [4.78, 5) is 4.22. The second-order valence-corrected chi connectivity index (χ2v) is 3.78. The summed E-state index contributed by atoms with van der Waals surface area (Å²) in [6.45, 7) is 3.63. The number of hydrogen-bond donors (Lipinski definition) is 1. The molecule has 12 heavy (non-hydrogen) atoms. The van der Waals surface area contributed by atoms with Gasteiger partial charge < -0.3 is 5.73 Å². The predicted octanol–water partition coefficient (Wildman–Crippen LogP) is 2.26. The smallest absolute Gasteiger partial charge is 0.0574 e. The number of hydrogen-bond acceptors (Lipinski definition) is 2. The Bertz CT molecular complexity index is 256. The van der Waals surface area contributed by atoms with Gasteiger partial charge in [0.1, 0.15) is 0 Å². The van der Waals surface area contributed by atoms with Crippen LogP contribution in [-0.4, -0.2) is 4.98 Å². The lowest BCUT2D eigenvalue weighted by Crippen LogP contribution is -2.10. The molecule has 0 aliphatic heterocycles. The molecule has 0 radical (unpaired) electrons. The molecule has 0 aromatic carbocycles. The van der Waals surface area contributed by atoms with Gasteiger partial charge in [-0.1, -0.05) is 6.08 Å². The van der Waals surface area contributed by atoms with Gasteiger partial charge in [0.2, 0.25) is 0 Å². The quantitative estimate of drug-likeness (QED) is 0.678. The van der Waals surface area contributed by atoms with Gasteiger partial charge in [0, 0.05) is 9.77 Å². The summed E-state index contributed by atoms with van der Waals surface area (Å²) in [5, 5.41) is 0. The third-order valence-electron chi connectivity index (χ3n) is 1.55. The minimum Gasteiger partial charge on any atom is -0.322 e. The second-order valence-electron chi connectivity index (χ2n) is 2.53. The summed E-state index contributed by atoms with van der Waals surface area (Å²) >= 11 is 2.22. The standard InChI is InChI=1S/C9H11IN2/c1-2-3-8(11)9-5-4-7(10)6-12-9/h2,4-6,8H,1,3,11H2/t8-/m0/s1. The van der Waals surface area contributed by atoms with E-state index in [1.165, 1.54) is 0 Å². The molecular weight excluding hydrogens is 263 g/mol. The topological polar surface area (TPSA) is 38.9 Å². The van der Waals surface area contributed by atoms with Crippen molar-refractivity contribution < 1.29 is 0 Å². The maximum Gasteiger partial charge on any atom is 0.0574 e. The number of pyridine rings is 1. The van der Waals surface area contributed by atoms with Gasteiger partial charge in [-0.25, -0.2) is 0 Å². The van der Waals surface area contributed by atoms with Crippen molar-refractivity contribution in [2.75, 3.05) is 0 Å². The van der Waals surface area contributed by atoms with E-state index in [2.05, 4.69) is 34.2 Å². The lowest BCUT2D eigenvalue weighted by molar-refractivity contribution is 0.713. The maximum absolute atomic E-state index is 5.82. The van der Waals surface area contributed by atoms with Gasteiger partial charge in [0.15, 0.2) is 0 Å². The van der Waals surface area contributed by atoms with Crippen molar-refractivity contribution in [3.8, 4) is 0 Å². The number of nitrogens with zero attached hydrogens (tertiary/aromatic N) is 1. The summed E-state index contributed by atoms with van der Waals surface area (Å²) < 4.78 is 1.13. The molecule has 0 aliphatic carbocycles. The highest BCUT2D eigenvalue weighted by molar-refractivity contribution is 14.1. The first kappa shape index (κ1) is 9.67. The van der Waals surface area contributed by atoms with Crippen molar-refractivity contribution in [3.05, 3.63) is 40.2 Å². The van der Waals surface area contributed by atoms with Crippen LogP contribution < -0.4 is 5.73 Å². The Morgan fingerprint density at radius 2 is 2.42 bits per heavy atom. The van der Waals surface area contributed by atoms with E-state index in [-0.39, 0.29) is 6.04 Å². The third kappa shape index (κ3) is 2.57. The van der Waals surface area contributed by atoms with Crippen LogP contribution in [0.3, 0.4) is 0 Å². The molecule has 0 fully saturated rings. The van der Waals surface area contributed by atoms with Crippen LogP contribution in [0.15, 0.2) is 31.0 Å². The van der Waals surface area contributed by atoms with E-state index in [9.17, 15) is 0 Å². The molecule has 1 aromatic rings. The van der Waals surface area contributed by atoms with Crippen LogP contribution in [0, 0.1) is 3.57 Å². The molecule has 1 heterocycles. The zero-order chi connectivity index (χ0) is 8.97. The van der Waals surface area contributed by atoms with Gasteiger partial charge in [0.05, 0.1) is 11.7 Å². The first-order chi connectivity index (χ1) is 5.74. The van der Waals surface area contributed by atoms with Gasteiger partial charge in [-0.2, -0.15) is 0 Å². The van der Waals surface area contributed by atoms with Crippen LogP contribution in [-0.2, 0) is 0 Å². The van der Waals surface area contributed by atoms with E-state index in [4.69, 9.17) is 5.73 Å². The third-order valence-corrected chi connectivity index (χ3v) is 2.19. The van der Waals surface area contributed by atoms with Crippen LogP contribution in [0.1, 0.15) is 18.2 Å². The zero-order valence-electron chi connectivity index (χ0n) is 6.70. The molecule has 0 saturated heterocycles. The highest BCUT2D eigenvalue weighted by Gasteiger charge is 2.03. The summed E-state index contributed by atoms with van der Waals surface area (Å²) in [6.07, 6.45) is 4.40. The fraction of sp³-hybridized carbons (Fsp3) is 0.222. The molecule has 0 aliphatic rings. The highest BCUT2D eigenvalue weighted by atomic mass is 127. The first-order valence-corrected chi connectivity index (χ1v) is 4.80. The Hall–Kier alpha value is -0.420. The van der Waals surface area contributed by atoms with E-state index >= 15 is 0 Å².